The summed E-state index contributed by atoms with van der Waals surface area (Å²) in [6.45, 7) is 0.272. The van der Waals surface area contributed by atoms with Crippen molar-refractivity contribution in [1.82, 2.24) is 4.98 Å². The number of carboxylic acids is 1. The van der Waals surface area contributed by atoms with E-state index in [1.165, 1.54) is 18.2 Å². The van der Waals surface area contributed by atoms with Crippen molar-refractivity contribution in [1.29, 1.82) is 0 Å². The summed E-state index contributed by atoms with van der Waals surface area (Å²) in [5.41, 5.74) is 3.84. The Kier molecular flexibility index (Phi) is 8.71. The highest BCUT2D eigenvalue weighted by atomic mass is 35.5. The SMILES string of the molecule is O=C(O)CCCC(=O)c1ccc(-c2cc(Cl)ccc2CNc2ccc(-c3ccc(Cl)c(F)c3)cc2F)cn1. The molecule has 0 amide bonds. The van der Waals surface area contributed by atoms with Crippen molar-refractivity contribution in [2.24, 2.45) is 0 Å². The number of aliphatic carboxylic acids is 1. The molecule has 0 aliphatic heterocycles. The second-order valence-electron chi connectivity index (χ2n) is 8.58. The molecule has 0 spiro atoms. The smallest absolute Gasteiger partial charge is 0.303 e. The molecule has 0 unspecified atom stereocenters. The number of nitrogens with zero attached hydrogens (tertiary/aromatic N) is 1. The third kappa shape index (κ3) is 6.73. The van der Waals surface area contributed by atoms with Gasteiger partial charge in [-0.1, -0.05) is 47.5 Å². The molecular formula is C29H22Cl2F2N2O3. The molecule has 0 aliphatic carbocycles. The molecule has 3 aromatic carbocycles. The highest BCUT2D eigenvalue weighted by molar-refractivity contribution is 6.31. The Bertz CT molecular complexity index is 1490. The van der Waals surface area contributed by atoms with Gasteiger partial charge in [-0.3, -0.25) is 14.6 Å². The number of carbonyl (C=O) groups excluding carboxylic acids is 1. The molecule has 9 heteroatoms. The molecule has 5 nitrogen and oxygen atoms in total. The van der Waals surface area contributed by atoms with Gasteiger partial charge in [-0.2, -0.15) is 0 Å². The Morgan fingerprint density at radius 3 is 2.21 bits per heavy atom. The van der Waals surface area contributed by atoms with Crippen LogP contribution in [0.3, 0.4) is 0 Å². The van der Waals surface area contributed by atoms with Crippen molar-refractivity contribution in [3.63, 3.8) is 0 Å². The van der Waals surface area contributed by atoms with E-state index in [1.807, 2.05) is 6.07 Å². The summed E-state index contributed by atoms with van der Waals surface area (Å²) in [7, 11) is 0. The molecule has 0 aliphatic rings. The third-order valence-corrected chi connectivity index (χ3v) is 6.46. The number of Topliss-reactive ketones (excluding diaryl/α,β-unsaturated/α-hetero) is 1. The van der Waals surface area contributed by atoms with Crippen LogP contribution in [0, 0.1) is 11.6 Å². The monoisotopic (exact) mass is 554 g/mol. The summed E-state index contributed by atoms with van der Waals surface area (Å²) >= 11 is 12.0. The largest absolute Gasteiger partial charge is 0.481 e. The van der Waals surface area contributed by atoms with Gasteiger partial charge in [0, 0.05) is 36.2 Å². The number of hydrogen-bond acceptors (Lipinski definition) is 4. The van der Waals surface area contributed by atoms with Crippen LogP contribution in [0.15, 0.2) is 72.9 Å². The molecule has 0 saturated carbocycles. The van der Waals surface area contributed by atoms with Gasteiger partial charge in [0.15, 0.2) is 5.78 Å². The highest BCUT2D eigenvalue weighted by Crippen LogP contribution is 2.30. The number of carboxylic acid groups (broad SMARTS) is 1. The van der Waals surface area contributed by atoms with Gasteiger partial charge in [-0.05, 0) is 71.1 Å². The van der Waals surface area contributed by atoms with Crippen molar-refractivity contribution >= 4 is 40.6 Å². The van der Waals surface area contributed by atoms with E-state index >= 15 is 0 Å². The van der Waals surface area contributed by atoms with Crippen molar-refractivity contribution in [2.75, 3.05) is 5.32 Å². The first-order valence-corrected chi connectivity index (χ1v) is 12.5. The Morgan fingerprint density at radius 1 is 0.842 bits per heavy atom. The van der Waals surface area contributed by atoms with Crippen LogP contribution in [0.1, 0.15) is 35.3 Å². The van der Waals surface area contributed by atoms with E-state index in [-0.39, 0.29) is 48.0 Å². The lowest BCUT2D eigenvalue weighted by molar-refractivity contribution is -0.137. The van der Waals surface area contributed by atoms with Gasteiger partial charge in [0.1, 0.15) is 17.3 Å². The zero-order valence-corrected chi connectivity index (χ0v) is 21.5. The quantitative estimate of drug-likeness (QED) is 0.194. The lowest BCUT2D eigenvalue weighted by Gasteiger charge is -2.14. The van der Waals surface area contributed by atoms with E-state index < -0.39 is 17.6 Å². The van der Waals surface area contributed by atoms with Crippen LogP contribution in [-0.4, -0.2) is 21.8 Å². The Hall–Kier alpha value is -3.81. The van der Waals surface area contributed by atoms with Crippen molar-refractivity contribution in [2.45, 2.75) is 25.8 Å². The third-order valence-electron chi connectivity index (χ3n) is 5.92. The van der Waals surface area contributed by atoms with E-state index in [1.54, 1.807) is 48.7 Å². The predicted molar refractivity (Wildman–Crippen MR) is 145 cm³/mol. The van der Waals surface area contributed by atoms with Crippen LogP contribution >= 0.6 is 23.2 Å². The van der Waals surface area contributed by atoms with Crippen LogP contribution in [0.5, 0.6) is 0 Å². The molecule has 0 bridgehead atoms. The number of ketones is 1. The summed E-state index contributed by atoms with van der Waals surface area (Å²) in [6.07, 6.45) is 1.82. The minimum absolute atomic E-state index is 0.00143. The second kappa shape index (κ2) is 12.2. The number of halogens is 4. The van der Waals surface area contributed by atoms with E-state index in [4.69, 9.17) is 28.3 Å². The molecule has 0 saturated heterocycles. The number of rotatable bonds is 10. The molecule has 1 aromatic heterocycles. The normalized spacial score (nSPS) is 10.8. The average Bonchev–Trinajstić information content (AvgIpc) is 2.90. The summed E-state index contributed by atoms with van der Waals surface area (Å²) in [5.74, 6) is -2.25. The second-order valence-corrected chi connectivity index (χ2v) is 9.42. The van der Waals surface area contributed by atoms with Gasteiger partial charge in [0.05, 0.1) is 10.7 Å². The highest BCUT2D eigenvalue weighted by Gasteiger charge is 2.13. The zero-order chi connectivity index (χ0) is 27.2. The summed E-state index contributed by atoms with van der Waals surface area (Å²) in [5, 5.41) is 12.3. The van der Waals surface area contributed by atoms with Gasteiger partial charge in [0.2, 0.25) is 0 Å². The van der Waals surface area contributed by atoms with E-state index in [0.717, 1.165) is 11.1 Å². The number of benzene rings is 3. The van der Waals surface area contributed by atoms with Crippen LogP contribution in [0.4, 0.5) is 14.5 Å². The molecular weight excluding hydrogens is 533 g/mol. The van der Waals surface area contributed by atoms with Crippen molar-refractivity contribution in [3.8, 4) is 22.3 Å². The van der Waals surface area contributed by atoms with Crippen molar-refractivity contribution in [3.05, 3.63) is 106 Å². The maximum absolute atomic E-state index is 14.9. The van der Waals surface area contributed by atoms with Gasteiger partial charge in [-0.25, -0.2) is 8.78 Å². The van der Waals surface area contributed by atoms with Gasteiger partial charge >= 0.3 is 5.97 Å². The standard InChI is InChI=1S/C29H22Cl2F2N2O3/c30-21-8-4-19(22(14-21)20-7-11-27(35-16-20)28(36)2-1-3-29(37)38)15-34-26-10-6-18(13-25(26)33)17-5-9-23(31)24(32)12-17/h4-14,16,34H,1-3,15H2,(H,37,38). The Balaban J connectivity index is 1.49. The van der Waals surface area contributed by atoms with Gasteiger partial charge in [-0.15, -0.1) is 0 Å². The van der Waals surface area contributed by atoms with E-state index in [0.29, 0.717) is 21.7 Å². The number of carbonyl (C=O) groups is 2. The molecule has 194 valence electrons. The average molecular weight is 555 g/mol. The summed E-state index contributed by atoms with van der Waals surface area (Å²) in [6, 6.07) is 17.5. The Labute approximate surface area is 228 Å². The maximum atomic E-state index is 14.9. The molecule has 4 aromatic rings. The predicted octanol–water partition coefficient (Wildman–Crippen LogP) is 8.05. The van der Waals surface area contributed by atoms with Gasteiger partial charge < -0.3 is 10.4 Å². The maximum Gasteiger partial charge on any atom is 0.303 e. The fraction of sp³-hybridized carbons (Fsp3) is 0.138. The number of nitrogens with one attached hydrogen (secondary N) is 1. The van der Waals surface area contributed by atoms with Crippen LogP contribution in [0.25, 0.3) is 22.3 Å². The van der Waals surface area contributed by atoms with Crippen molar-refractivity contribution < 1.29 is 23.5 Å². The first-order chi connectivity index (χ1) is 18.2. The van der Waals surface area contributed by atoms with Crippen LogP contribution in [0.2, 0.25) is 10.0 Å². The Morgan fingerprint density at radius 2 is 1.55 bits per heavy atom. The fourth-order valence-electron chi connectivity index (χ4n) is 3.92. The molecule has 1 heterocycles. The van der Waals surface area contributed by atoms with E-state index in [2.05, 4.69) is 10.3 Å². The topological polar surface area (TPSA) is 79.3 Å². The zero-order valence-electron chi connectivity index (χ0n) is 20.0. The van der Waals surface area contributed by atoms with Gasteiger partial charge in [0.25, 0.3) is 0 Å². The summed E-state index contributed by atoms with van der Waals surface area (Å²) in [4.78, 5) is 27.2. The number of aromatic nitrogens is 1. The minimum atomic E-state index is -0.948. The molecule has 38 heavy (non-hydrogen) atoms. The number of pyridine rings is 1. The molecule has 4 rings (SSSR count). The lowest BCUT2D eigenvalue weighted by Crippen LogP contribution is -2.05. The van der Waals surface area contributed by atoms with Crippen LogP contribution in [-0.2, 0) is 11.3 Å². The first kappa shape index (κ1) is 27.2. The molecule has 0 radical (unpaired) electrons. The number of hydrogen-bond donors (Lipinski definition) is 2. The lowest BCUT2D eigenvalue weighted by atomic mass is 10.00. The number of anilines is 1. The molecule has 0 atom stereocenters. The molecule has 0 fully saturated rings. The summed E-state index contributed by atoms with van der Waals surface area (Å²) < 4.78 is 28.7. The minimum Gasteiger partial charge on any atom is -0.481 e. The van der Waals surface area contributed by atoms with E-state index in [9.17, 15) is 18.4 Å². The van der Waals surface area contributed by atoms with Crippen LogP contribution < -0.4 is 5.32 Å². The first-order valence-electron chi connectivity index (χ1n) is 11.7. The fourth-order valence-corrected chi connectivity index (χ4v) is 4.21. The molecule has 2 N–H and O–H groups in total.